The molecular weight excluding hydrogens is 380 g/mol. The summed E-state index contributed by atoms with van der Waals surface area (Å²) in [5.74, 6) is 2.65. The normalized spacial score (nSPS) is 12.6. The number of amides is 1. The van der Waals surface area contributed by atoms with Crippen LogP contribution in [0.4, 0.5) is 5.13 Å². The van der Waals surface area contributed by atoms with Gasteiger partial charge in [0.1, 0.15) is 13.2 Å². The van der Waals surface area contributed by atoms with E-state index in [1.807, 2.05) is 41.8 Å². The molecule has 0 fully saturated rings. The van der Waals surface area contributed by atoms with Gasteiger partial charge in [-0.2, -0.15) is 0 Å². The number of nitrogens with zero attached hydrogens (tertiary/aromatic N) is 1. The van der Waals surface area contributed by atoms with E-state index in [1.165, 1.54) is 16.9 Å². The van der Waals surface area contributed by atoms with Gasteiger partial charge in [0.15, 0.2) is 16.6 Å². The Labute approximate surface area is 165 Å². The van der Waals surface area contributed by atoms with Crippen molar-refractivity contribution in [2.75, 3.05) is 24.3 Å². The SMILES string of the molecule is O=C(CSCc1ccccc1)Nc1nc(-c2ccc3c(c2)OCCO3)cs1. The Hall–Kier alpha value is -2.51. The number of carbonyl (C=O) groups excluding carboxylic acids is 1. The third-order valence-corrected chi connectivity index (χ3v) is 5.69. The lowest BCUT2D eigenvalue weighted by Gasteiger charge is -2.18. The van der Waals surface area contributed by atoms with Crippen LogP contribution in [0.1, 0.15) is 5.56 Å². The number of carbonyl (C=O) groups is 1. The molecular formula is C20H18N2O3S2. The Morgan fingerprint density at radius 3 is 2.78 bits per heavy atom. The van der Waals surface area contributed by atoms with Crippen LogP contribution in [0, 0.1) is 0 Å². The molecule has 138 valence electrons. The number of benzene rings is 2. The molecule has 1 N–H and O–H groups in total. The number of hydrogen-bond acceptors (Lipinski definition) is 6. The highest BCUT2D eigenvalue weighted by molar-refractivity contribution is 7.99. The number of thioether (sulfide) groups is 1. The minimum Gasteiger partial charge on any atom is -0.486 e. The van der Waals surface area contributed by atoms with Gasteiger partial charge in [-0.05, 0) is 23.8 Å². The first-order valence-corrected chi connectivity index (χ1v) is 10.6. The molecule has 0 atom stereocenters. The van der Waals surface area contributed by atoms with Gasteiger partial charge in [-0.1, -0.05) is 30.3 Å². The summed E-state index contributed by atoms with van der Waals surface area (Å²) < 4.78 is 11.2. The number of thiazole rings is 1. The van der Waals surface area contributed by atoms with Crippen LogP contribution in [0.3, 0.4) is 0 Å². The summed E-state index contributed by atoms with van der Waals surface area (Å²) in [5.41, 5.74) is 2.96. The van der Waals surface area contributed by atoms with Crippen molar-refractivity contribution < 1.29 is 14.3 Å². The summed E-state index contributed by atoms with van der Waals surface area (Å²) in [6.07, 6.45) is 0. The number of anilines is 1. The van der Waals surface area contributed by atoms with E-state index in [-0.39, 0.29) is 5.91 Å². The number of rotatable bonds is 6. The monoisotopic (exact) mass is 398 g/mol. The van der Waals surface area contributed by atoms with Gasteiger partial charge in [0.2, 0.25) is 5.91 Å². The molecule has 2 heterocycles. The van der Waals surface area contributed by atoms with Crippen molar-refractivity contribution in [3.05, 3.63) is 59.5 Å². The summed E-state index contributed by atoms with van der Waals surface area (Å²) in [5, 5.41) is 5.40. The van der Waals surface area contributed by atoms with E-state index in [1.54, 1.807) is 11.8 Å². The van der Waals surface area contributed by atoms with Gasteiger partial charge in [-0.15, -0.1) is 23.1 Å². The van der Waals surface area contributed by atoms with Crippen LogP contribution >= 0.6 is 23.1 Å². The van der Waals surface area contributed by atoms with E-state index in [9.17, 15) is 4.79 Å². The zero-order valence-electron chi connectivity index (χ0n) is 14.5. The molecule has 0 radical (unpaired) electrons. The maximum absolute atomic E-state index is 12.1. The molecule has 7 heteroatoms. The second-order valence-corrected chi connectivity index (χ2v) is 7.77. The Balaban J connectivity index is 1.33. The minimum atomic E-state index is -0.0426. The number of nitrogens with one attached hydrogen (secondary N) is 1. The van der Waals surface area contributed by atoms with E-state index in [4.69, 9.17) is 9.47 Å². The highest BCUT2D eigenvalue weighted by Gasteiger charge is 2.14. The molecule has 0 saturated heterocycles. The Morgan fingerprint density at radius 1 is 1.11 bits per heavy atom. The van der Waals surface area contributed by atoms with E-state index >= 15 is 0 Å². The van der Waals surface area contributed by atoms with Gasteiger partial charge < -0.3 is 14.8 Å². The fourth-order valence-corrected chi connectivity index (χ4v) is 4.18. The molecule has 0 aliphatic carbocycles. The first-order valence-electron chi connectivity index (χ1n) is 8.55. The highest BCUT2D eigenvalue weighted by atomic mass is 32.2. The molecule has 1 aliphatic heterocycles. The number of ether oxygens (including phenoxy) is 2. The van der Waals surface area contributed by atoms with Gasteiger partial charge in [-0.25, -0.2) is 4.98 Å². The number of aromatic nitrogens is 1. The maximum Gasteiger partial charge on any atom is 0.236 e. The topological polar surface area (TPSA) is 60.5 Å². The summed E-state index contributed by atoms with van der Waals surface area (Å²) >= 11 is 3.00. The summed E-state index contributed by atoms with van der Waals surface area (Å²) in [6, 6.07) is 15.9. The predicted molar refractivity (Wildman–Crippen MR) is 110 cm³/mol. The molecule has 0 bridgehead atoms. The quantitative estimate of drug-likeness (QED) is 0.665. The average molecular weight is 399 g/mol. The van der Waals surface area contributed by atoms with Crippen LogP contribution in [0.25, 0.3) is 11.3 Å². The minimum absolute atomic E-state index is 0.0426. The number of hydrogen-bond donors (Lipinski definition) is 1. The molecule has 3 aromatic rings. The van der Waals surface area contributed by atoms with Gasteiger partial charge in [-0.3, -0.25) is 4.79 Å². The zero-order valence-corrected chi connectivity index (χ0v) is 16.1. The third kappa shape index (κ3) is 4.61. The van der Waals surface area contributed by atoms with E-state index in [2.05, 4.69) is 22.4 Å². The zero-order chi connectivity index (χ0) is 18.5. The second kappa shape index (κ2) is 8.45. The smallest absolute Gasteiger partial charge is 0.236 e. The van der Waals surface area contributed by atoms with E-state index in [0.717, 1.165) is 28.5 Å². The molecule has 4 rings (SSSR count). The van der Waals surface area contributed by atoms with Gasteiger partial charge in [0.25, 0.3) is 0 Å². The van der Waals surface area contributed by atoms with Crippen molar-refractivity contribution in [2.24, 2.45) is 0 Å². The number of fused-ring (bicyclic) bond motifs is 1. The first-order chi connectivity index (χ1) is 13.3. The molecule has 1 amide bonds. The highest BCUT2D eigenvalue weighted by Crippen LogP contribution is 2.35. The van der Waals surface area contributed by atoms with Crippen molar-refractivity contribution in [2.45, 2.75) is 5.75 Å². The standard InChI is InChI=1S/C20H18N2O3S2/c23-19(13-26-11-14-4-2-1-3-5-14)22-20-21-16(12-27-20)15-6-7-17-18(10-15)25-9-8-24-17/h1-7,10,12H,8-9,11,13H2,(H,21,22,23). The first kappa shape index (κ1) is 17.9. The van der Waals surface area contributed by atoms with Crippen LogP contribution in [0.5, 0.6) is 11.5 Å². The molecule has 2 aromatic carbocycles. The Kier molecular flexibility index (Phi) is 5.60. The average Bonchev–Trinajstić information content (AvgIpc) is 3.17. The Morgan fingerprint density at radius 2 is 1.93 bits per heavy atom. The van der Waals surface area contributed by atoms with Gasteiger partial charge in [0.05, 0.1) is 11.4 Å². The van der Waals surface area contributed by atoms with Gasteiger partial charge >= 0.3 is 0 Å². The van der Waals surface area contributed by atoms with Crippen molar-refractivity contribution >= 4 is 34.1 Å². The van der Waals surface area contributed by atoms with Crippen LogP contribution < -0.4 is 14.8 Å². The molecule has 1 aromatic heterocycles. The summed E-state index contributed by atoms with van der Waals surface area (Å²) in [4.78, 5) is 16.7. The van der Waals surface area contributed by atoms with Gasteiger partial charge in [0, 0.05) is 16.7 Å². The van der Waals surface area contributed by atoms with Crippen LogP contribution in [-0.2, 0) is 10.5 Å². The molecule has 0 unspecified atom stereocenters. The van der Waals surface area contributed by atoms with Crippen molar-refractivity contribution in [3.8, 4) is 22.8 Å². The predicted octanol–water partition coefficient (Wildman–Crippen LogP) is 4.45. The molecule has 27 heavy (non-hydrogen) atoms. The molecule has 5 nitrogen and oxygen atoms in total. The van der Waals surface area contributed by atoms with Crippen LogP contribution in [0.15, 0.2) is 53.9 Å². The fourth-order valence-electron chi connectivity index (χ4n) is 2.66. The van der Waals surface area contributed by atoms with Crippen molar-refractivity contribution in [3.63, 3.8) is 0 Å². The lowest BCUT2D eigenvalue weighted by molar-refractivity contribution is -0.113. The molecule has 0 saturated carbocycles. The van der Waals surface area contributed by atoms with Crippen LogP contribution in [0.2, 0.25) is 0 Å². The summed E-state index contributed by atoms with van der Waals surface area (Å²) in [6.45, 7) is 1.12. The summed E-state index contributed by atoms with van der Waals surface area (Å²) in [7, 11) is 0. The Bertz CT molecular complexity index is 928. The lowest BCUT2D eigenvalue weighted by atomic mass is 10.1. The lowest BCUT2D eigenvalue weighted by Crippen LogP contribution is -2.15. The van der Waals surface area contributed by atoms with E-state index < -0.39 is 0 Å². The van der Waals surface area contributed by atoms with Crippen LogP contribution in [-0.4, -0.2) is 29.9 Å². The van der Waals surface area contributed by atoms with Crippen molar-refractivity contribution in [1.29, 1.82) is 0 Å². The fraction of sp³-hybridized carbons (Fsp3) is 0.200. The molecule has 1 aliphatic rings. The largest absolute Gasteiger partial charge is 0.486 e. The maximum atomic E-state index is 12.1. The second-order valence-electron chi connectivity index (χ2n) is 5.92. The third-order valence-electron chi connectivity index (χ3n) is 3.93. The molecule has 0 spiro atoms. The van der Waals surface area contributed by atoms with Crippen molar-refractivity contribution in [1.82, 2.24) is 4.98 Å². The van der Waals surface area contributed by atoms with E-state index in [0.29, 0.717) is 24.1 Å².